The van der Waals surface area contributed by atoms with Gasteiger partial charge in [0.2, 0.25) is 5.91 Å². The van der Waals surface area contributed by atoms with E-state index in [1.807, 2.05) is 13.0 Å². The lowest BCUT2D eigenvalue weighted by atomic mass is 10.1. The van der Waals surface area contributed by atoms with Gasteiger partial charge in [-0.15, -0.1) is 0 Å². The summed E-state index contributed by atoms with van der Waals surface area (Å²) in [5.74, 6) is 0.335. The van der Waals surface area contributed by atoms with Crippen LogP contribution in [0, 0.1) is 0 Å². The second kappa shape index (κ2) is 18.4. The van der Waals surface area contributed by atoms with Crippen molar-refractivity contribution in [3.8, 4) is 0 Å². The number of nitrogens with zero attached hydrogens (tertiary/aromatic N) is 1. The van der Waals surface area contributed by atoms with E-state index in [1.165, 1.54) is 27.9 Å². The van der Waals surface area contributed by atoms with Crippen molar-refractivity contribution in [3.05, 3.63) is 63.9 Å². The summed E-state index contributed by atoms with van der Waals surface area (Å²) in [4.78, 5) is 16.2. The monoisotopic (exact) mass is 488 g/mol. The normalized spacial score (nSPS) is 12.9. The van der Waals surface area contributed by atoms with Gasteiger partial charge in [-0.25, -0.2) is 4.99 Å². The summed E-state index contributed by atoms with van der Waals surface area (Å²) >= 11 is 11.5. The van der Waals surface area contributed by atoms with Crippen molar-refractivity contribution in [1.29, 1.82) is 0 Å². The summed E-state index contributed by atoms with van der Waals surface area (Å²) in [5, 5.41) is 7.69. The predicted octanol–water partition coefficient (Wildman–Crippen LogP) is 5.23. The van der Waals surface area contributed by atoms with Crippen molar-refractivity contribution in [1.82, 2.24) is 10.6 Å². The van der Waals surface area contributed by atoms with E-state index >= 15 is 0 Å². The van der Waals surface area contributed by atoms with Gasteiger partial charge in [-0.05, 0) is 49.3 Å². The molecule has 0 fully saturated rings. The topological polar surface area (TPSA) is 79.5 Å². The number of nitrogens with two attached hydrogens (primary N) is 1. The molecule has 4 N–H and O–H groups in total. The molecule has 0 rings (SSSR count). The van der Waals surface area contributed by atoms with Gasteiger partial charge in [-0.2, -0.15) is 0 Å². The van der Waals surface area contributed by atoms with Crippen molar-refractivity contribution in [3.63, 3.8) is 0 Å². The lowest BCUT2D eigenvalue weighted by Gasteiger charge is -2.17. The fourth-order valence-corrected chi connectivity index (χ4v) is 3.91. The first-order valence-corrected chi connectivity index (χ1v) is 12.4. The van der Waals surface area contributed by atoms with Crippen LogP contribution in [0.4, 0.5) is 0 Å². The van der Waals surface area contributed by atoms with Gasteiger partial charge in [0.25, 0.3) is 0 Å². The van der Waals surface area contributed by atoms with Crippen molar-refractivity contribution in [2.24, 2.45) is 10.7 Å². The van der Waals surface area contributed by atoms with Crippen LogP contribution in [-0.2, 0) is 4.79 Å². The average molecular weight is 490 g/mol. The van der Waals surface area contributed by atoms with Crippen LogP contribution in [0.5, 0.6) is 0 Å². The van der Waals surface area contributed by atoms with Crippen LogP contribution in [0.25, 0.3) is 0 Å². The highest BCUT2D eigenvalue weighted by molar-refractivity contribution is 8.78. The highest BCUT2D eigenvalue weighted by Gasteiger charge is 2.10. The number of halogens is 2. The number of rotatable bonds is 15. The molecule has 0 aliphatic heterocycles. The predicted molar refractivity (Wildman–Crippen MR) is 137 cm³/mol. The second-order valence-corrected chi connectivity index (χ2v) is 9.20. The van der Waals surface area contributed by atoms with Crippen LogP contribution in [0.2, 0.25) is 0 Å². The van der Waals surface area contributed by atoms with E-state index in [9.17, 15) is 4.79 Å². The van der Waals surface area contributed by atoms with Crippen LogP contribution >= 0.6 is 44.8 Å². The van der Waals surface area contributed by atoms with Crippen LogP contribution in [0.3, 0.4) is 0 Å². The molecule has 0 aromatic heterocycles. The van der Waals surface area contributed by atoms with Crippen LogP contribution in [-0.4, -0.2) is 37.1 Å². The zero-order chi connectivity index (χ0) is 22.8. The van der Waals surface area contributed by atoms with Gasteiger partial charge in [-0.3, -0.25) is 4.79 Å². The second-order valence-electron chi connectivity index (χ2n) is 6.05. The van der Waals surface area contributed by atoms with Crippen molar-refractivity contribution in [2.45, 2.75) is 32.7 Å². The minimum atomic E-state index is -0.000194. The van der Waals surface area contributed by atoms with Gasteiger partial charge in [-0.1, -0.05) is 77.5 Å². The molecule has 1 amide bonds. The van der Waals surface area contributed by atoms with Gasteiger partial charge in [0, 0.05) is 12.6 Å². The van der Waals surface area contributed by atoms with E-state index in [2.05, 4.69) is 41.4 Å². The Kier molecular flexibility index (Phi) is 17.6. The van der Waals surface area contributed by atoms with Crippen molar-refractivity contribution >= 4 is 57.0 Å². The summed E-state index contributed by atoms with van der Waals surface area (Å²) in [5.41, 5.74) is 9.27. The molecule has 0 saturated carbocycles. The molecular formula is C21H30Cl2N4OS2. The number of hydrogen-bond donors (Lipinski definition) is 3. The van der Waals surface area contributed by atoms with E-state index in [1.54, 1.807) is 18.2 Å². The molecular weight excluding hydrogens is 459 g/mol. The number of allylic oxidation sites excluding steroid dienone is 5. The Balaban J connectivity index is 4.25. The maximum absolute atomic E-state index is 12.2. The largest absolute Gasteiger partial charge is 0.390 e. The van der Waals surface area contributed by atoms with Crippen LogP contribution < -0.4 is 16.4 Å². The lowest BCUT2D eigenvalue weighted by Crippen LogP contribution is -2.37. The third kappa shape index (κ3) is 15.5. The molecule has 0 aromatic carbocycles. The highest BCUT2D eigenvalue weighted by atomic mass is 35.5. The number of amides is 1. The fourth-order valence-electron chi connectivity index (χ4n) is 2.01. The fraction of sp³-hybridized carbons (Fsp3) is 0.381. The Labute approximate surface area is 198 Å². The zero-order valence-corrected chi connectivity index (χ0v) is 20.6. The molecule has 5 nitrogen and oxygen atoms in total. The molecule has 30 heavy (non-hydrogen) atoms. The summed E-state index contributed by atoms with van der Waals surface area (Å²) in [6.07, 6.45) is 9.93. The van der Waals surface area contributed by atoms with Gasteiger partial charge < -0.3 is 16.4 Å². The quantitative estimate of drug-likeness (QED) is 0.0733. The third-order valence-corrected chi connectivity index (χ3v) is 6.30. The molecule has 0 aliphatic rings. The third-order valence-electron chi connectivity index (χ3n) is 3.54. The average Bonchev–Trinajstić information content (AvgIpc) is 2.70. The highest BCUT2D eigenvalue weighted by Crippen LogP contribution is 2.30. The smallest absolute Gasteiger partial charge is 0.231 e. The number of aliphatic imine (C=N–C) groups is 1. The molecule has 1 unspecified atom stereocenters. The summed E-state index contributed by atoms with van der Waals surface area (Å²) < 4.78 is 0. The first-order valence-electron chi connectivity index (χ1n) is 9.33. The summed E-state index contributed by atoms with van der Waals surface area (Å²) in [6.45, 7) is 12.7. The minimum absolute atomic E-state index is 0.000194. The number of hydrogen-bond acceptors (Lipinski definition) is 5. The molecule has 0 saturated heterocycles. The maximum Gasteiger partial charge on any atom is 0.231 e. The number of carbonyl (C=O) groups is 1. The first kappa shape index (κ1) is 28.7. The van der Waals surface area contributed by atoms with E-state index < -0.39 is 0 Å². The van der Waals surface area contributed by atoms with Gasteiger partial charge in [0.05, 0.1) is 17.1 Å². The minimum Gasteiger partial charge on any atom is -0.390 e. The van der Waals surface area contributed by atoms with Crippen molar-refractivity contribution < 1.29 is 4.79 Å². The summed E-state index contributed by atoms with van der Waals surface area (Å²) in [6, 6.07) is 0.126. The van der Waals surface area contributed by atoms with Crippen molar-refractivity contribution in [2.75, 3.05) is 18.8 Å². The molecule has 0 aliphatic carbocycles. The number of nitrogens with one attached hydrogen (secondary N) is 2. The Morgan fingerprint density at radius 3 is 2.70 bits per heavy atom. The molecule has 0 bridgehead atoms. The van der Waals surface area contributed by atoms with Crippen LogP contribution in [0.1, 0.15) is 26.7 Å². The Morgan fingerprint density at radius 1 is 1.37 bits per heavy atom. The molecule has 0 aromatic rings. The molecule has 166 valence electrons. The lowest BCUT2D eigenvalue weighted by molar-refractivity contribution is -0.119. The number of carbonyl (C=O) groups excluding carboxylic acids is 1. The molecule has 1 atom stereocenters. The van der Waals surface area contributed by atoms with Crippen LogP contribution in [0.15, 0.2) is 68.9 Å². The molecule has 9 heteroatoms. The molecule has 0 radical (unpaired) electrons. The van der Waals surface area contributed by atoms with Gasteiger partial charge in [0.15, 0.2) is 0 Å². The Hall–Kier alpha value is -1.34. The van der Waals surface area contributed by atoms with Gasteiger partial charge in [0.1, 0.15) is 10.1 Å². The van der Waals surface area contributed by atoms with E-state index in [-0.39, 0.29) is 17.0 Å². The first-order chi connectivity index (χ1) is 14.3. The maximum atomic E-state index is 12.2. The van der Waals surface area contributed by atoms with E-state index in [0.29, 0.717) is 15.8 Å². The Morgan fingerprint density at radius 2 is 2.10 bits per heavy atom. The molecule has 0 heterocycles. The summed E-state index contributed by atoms with van der Waals surface area (Å²) in [7, 11) is 2.79. The SMILES string of the molecule is C=C/C=C(/N=C/N)SSCC(=O)NC(CC)CCNC/C(C)=C/C=C=C(Cl)C(=C)Cl. The van der Waals surface area contributed by atoms with E-state index in [0.717, 1.165) is 31.5 Å². The zero-order valence-electron chi connectivity index (χ0n) is 17.4. The standard InChI is InChI=1S/C21H30Cl2N4OS2/c1-5-8-21(26-15-24)30-29-14-20(28)27-18(6-2)11-12-25-13-16(3)9-7-10-19(23)17(4)22/h5,7-9,15,18,25H,1,4,6,11-14H2,2-3H3,(H2,24,26)(H,27,28)/b16-9+,21-8-. The van der Waals surface area contributed by atoms with E-state index in [4.69, 9.17) is 28.9 Å². The molecule has 0 spiro atoms. The van der Waals surface area contributed by atoms with Gasteiger partial charge >= 0.3 is 0 Å². The Bertz CT molecular complexity index is 727.